The Balaban J connectivity index is 1.38. The number of anilines is 2. The molecular weight excluding hydrogens is 375 g/mol. The number of benzene rings is 1. The van der Waals surface area contributed by atoms with Crippen molar-refractivity contribution in [2.45, 2.75) is 76.9 Å². The first-order valence-electron chi connectivity index (χ1n) is 11.2. The highest BCUT2D eigenvalue weighted by Crippen LogP contribution is 2.36. The number of hydrogen-bond acceptors (Lipinski definition) is 3. The average molecular weight is 412 g/mol. The fraction of sp³-hybridized carbons (Fsp3) is 0.739. The van der Waals surface area contributed by atoms with Crippen LogP contribution in [0.5, 0.6) is 0 Å². The molecule has 1 aliphatic heterocycles. The van der Waals surface area contributed by atoms with E-state index in [2.05, 4.69) is 29.3 Å². The zero-order valence-electron chi connectivity index (χ0n) is 17.6. The molecule has 0 atom stereocenters. The zero-order chi connectivity index (χ0) is 20.9. The summed E-state index contributed by atoms with van der Waals surface area (Å²) in [5.74, 6) is -0.288. The van der Waals surface area contributed by atoms with Crippen molar-refractivity contribution in [1.29, 1.82) is 0 Å². The summed E-state index contributed by atoms with van der Waals surface area (Å²) in [4.78, 5) is 2.08. The standard InChI is InChI=1S/C23H36F3N3/c1-17-16-21(29-14-11-19(12-15-29)23(24,25)26)9-10-22(17)28-13-3-2-4-18-5-7-20(27)8-6-18/h9-10,16,18-20,28H,2-8,11-15,27H2,1H3/t18-,20-. The molecule has 1 heterocycles. The maximum absolute atomic E-state index is 12.9. The first kappa shape index (κ1) is 22.3. The molecule has 0 aromatic heterocycles. The molecule has 0 spiro atoms. The van der Waals surface area contributed by atoms with E-state index in [9.17, 15) is 13.2 Å². The van der Waals surface area contributed by atoms with Crippen LogP contribution in [0.2, 0.25) is 0 Å². The molecule has 3 N–H and O–H groups in total. The number of halogens is 3. The number of hydrogen-bond donors (Lipinski definition) is 2. The maximum atomic E-state index is 12.9. The van der Waals surface area contributed by atoms with Crippen LogP contribution >= 0.6 is 0 Å². The van der Waals surface area contributed by atoms with Crippen molar-refractivity contribution in [2.75, 3.05) is 29.9 Å². The van der Waals surface area contributed by atoms with Gasteiger partial charge in [-0.3, -0.25) is 0 Å². The molecule has 0 radical (unpaired) electrons. The second-order valence-electron chi connectivity index (χ2n) is 9.01. The van der Waals surface area contributed by atoms with Crippen molar-refractivity contribution in [3.05, 3.63) is 23.8 Å². The summed E-state index contributed by atoms with van der Waals surface area (Å²) >= 11 is 0. The molecule has 0 unspecified atom stereocenters. The van der Waals surface area contributed by atoms with Crippen LogP contribution in [-0.2, 0) is 0 Å². The SMILES string of the molecule is Cc1cc(N2CCC(C(F)(F)F)CC2)ccc1NCCCC[C@H]1CC[C@H](N)CC1. The summed E-state index contributed by atoms with van der Waals surface area (Å²) in [7, 11) is 0. The van der Waals surface area contributed by atoms with E-state index in [1.165, 1.54) is 38.5 Å². The fourth-order valence-electron chi connectivity index (χ4n) is 4.77. The first-order chi connectivity index (χ1) is 13.8. The van der Waals surface area contributed by atoms with Crippen LogP contribution in [0.1, 0.15) is 63.4 Å². The number of aryl methyl sites for hydroxylation is 1. The molecule has 1 aromatic rings. The Morgan fingerprint density at radius 2 is 1.72 bits per heavy atom. The van der Waals surface area contributed by atoms with E-state index < -0.39 is 12.1 Å². The highest BCUT2D eigenvalue weighted by atomic mass is 19.4. The van der Waals surface area contributed by atoms with E-state index in [0.29, 0.717) is 19.1 Å². The third kappa shape index (κ3) is 6.53. The normalized spacial score (nSPS) is 24.0. The van der Waals surface area contributed by atoms with E-state index in [-0.39, 0.29) is 12.8 Å². The van der Waals surface area contributed by atoms with Gasteiger partial charge in [0.05, 0.1) is 5.92 Å². The molecule has 1 saturated carbocycles. The molecule has 164 valence electrons. The van der Waals surface area contributed by atoms with Crippen LogP contribution < -0.4 is 16.0 Å². The quantitative estimate of drug-likeness (QED) is 0.551. The topological polar surface area (TPSA) is 41.3 Å². The van der Waals surface area contributed by atoms with Crippen LogP contribution in [0.15, 0.2) is 18.2 Å². The second kappa shape index (κ2) is 10.1. The van der Waals surface area contributed by atoms with Gasteiger partial charge < -0.3 is 16.0 Å². The Labute approximate surface area is 173 Å². The van der Waals surface area contributed by atoms with Crippen molar-refractivity contribution in [3.8, 4) is 0 Å². The molecule has 0 amide bonds. The summed E-state index contributed by atoms with van der Waals surface area (Å²) in [6, 6.07) is 6.63. The van der Waals surface area contributed by atoms with E-state index in [1.807, 2.05) is 6.07 Å². The van der Waals surface area contributed by atoms with Gasteiger partial charge in [0.2, 0.25) is 0 Å². The third-order valence-electron chi connectivity index (χ3n) is 6.78. The van der Waals surface area contributed by atoms with Gasteiger partial charge in [-0.1, -0.05) is 12.8 Å². The van der Waals surface area contributed by atoms with Gasteiger partial charge in [-0.05, 0) is 81.5 Å². The van der Waals surface area contributed by atoms with Crippen LogP contribution in [0.4, 0.5) is 24.5 Å². The number of nitrogens with one attached hydrogen (secondary N) is 1. The Bertz CT molecular complexity index is 631. The minimum absolute atomic E-state index is 0.190. The minimum Gasteiger partial charge on any atom is -0.385 e. The Hall–Kier alpha value is -1.43. The van der Waals surface area contributed by atoms with Crippen LogP contribution in [0.3, 0.4) is 0 Å². The predicted molar refractivity (Wildman–Crippen MR) is 114 cm³/mol. The Morgan fingerprint density at radius 1 is 1.03 bits per heavy atom. The van der Waals surface area contributed by atoms with E-state index in [1.54, 1.807) is 0 Å². The van der Waals surface area contributed by atoms with Crippen LogP contribution in [-0.4, -0.2) is 31.9 Å². The molecule has 2 fully saturated rings. The van der Waals surface area contributed by atoms with Crippen molar-refractivity contribution >= 4 is 11.4 Å². The molecule has 6 heteroatoms. The van der Waals surface area contributed by atoms with Gasteiger partial charge >= 0.3 is 6.18 Å². The summed E-state index contributed by atoms with van der Waals surface area (Å²) < 4.78 is 38.6. The third-order valence-corrected chi connectivity index (χ3v) is 6.78. The van der Waals surface area contributed by atoms with Gasteiger partial charge in [-0.2, -0.15) is 13.2 Å². The molecule has 0 bridgehead atoms. The minimum atomic E-state index is -4.06. The molecule has 2 aliphatic rings. The van der Waals surface area contributed by atoms with Crippen molar-refractivity contribution in [1.82, 2.24) is 0 Å². The summed E-state index contributed by atoms with van der Waals surface area (Å²) in [6.45, 7) is 3.98. The lowest BCUT2D eigenvalue weighted by Crippen LogP contribution is -2.39. The number of nitrogens with zero attached hydrogens (tertiary/aromatic N) is 1. The van der Waals surface area contributed by atoms with Crippen LogP contribution in [0.25, 0.3) is 0 Å². The summed E-state index contributed by atoms with van der Waals surface area (Å²) in [5.41, 5.74) is 9.29. The van der Waals surface area contributed by atoms with Gasteiger partial charge in [0.25, 0.3) is 0 Å². The number of piperidine rings is 1. The second-order valence-corrected chi connectivity index (χ2v) is 9.01. The smallest absolute Gasteiger partial charge is 0.385 e. The molecule has 1 saturated heterocycles. The van der Waals surface area contributed by atoms with Gasteiger partial charge in [0, 0.05) is 37.1 Å². The van der Waals surface area contributed by atoms with E-state index in [0.717, 1.165) is 35.8 Å². The highest BCUT2D eigenvalue weighted by molar-refractivity contribution is 5.60. The van der Waals surface area contributed by atoms with Gasteiger partial charge in [-0.15, -0.1) is 0 Å². The molecular formula is C23H36F3N3. The number of alkyl halides is 3. The molecule has 29 heavy (non-hydrogen) atoms. The van der Waals surface area contributed by atoms with Crippen molar-refractivity contribution < 1.29 is 13.2 Å². The van der Waals surface area contributed by atoms with E-state index >= 15 is 0 Å². The van der Waals surface area contributed by atoms with Crippen molar-refractivity contribution in [3.63, 3.8) is 0 Å². The molecule has 1 aromatic carbocycles. The monoisotopic (exact) mass is 411 g/mol. The maximum Gasteiger partial charge on any atom is 0.391 e. The molecule has 3 nitrogen and oxygen atoms in total. The van der Waals surface area contributed by atoms with Gasteiger partial charge in [0.15, 0.2) is 0 Å². The summed E-state index contributed by atoms with van der Waals surface area (Å²) in [5, 5.41) is 3.53. The highest BCUT2D eigenvalue weighted by Gasteiger charge is 2.41. The van der Waals surface area contributed by atoms with Gasteiger partial charge in [-0.25, -0.2) is 0 Å². The zero-order valence-corrected chi connectivity index (χ0v) is 17.6. The van der Waals surface area contributed by atoms with Crippen LogP contribution in [0, 0.1) is 18.8 Å². The molecule has 3 rings (SSSR count). The first-order valence-corrected chi connectivity index (χ1v) is 11.2. The fourth-order valence-corrected chi connectivity index (χ4v) is 4.77. The lowest BCUT2D eigenvalue weighted by Gasteiger charge is -2.34. The largest absolute Gasteiger partial charge is 0.391 e. The Kier molecular flexibility index (Phi) is 7.72. The molecule has 1 aliphatic carbocycles. The number of unbranched alkanes of at least 4 members (excludes halogenated alkanes) is 1. The number of rotatable bonds is 7. The number of nitrogens with two attached hydrogens (primary N) is 1. The lowest BCUT2D eigenvalue weighted by atomic mass is 9.83. The van der Waals surface area contributed by atoms with Gasteiger partial charge in [0.1, 0.15) is 0 Å². The summed E-state index contributed by atoms with van der Waals surface area (Å²) in [6.07, 6.45) is 4.98. The van der Waals surface area contributed by atoms with Crippen molar-refractivity contribution in [2.24, 2.45) is 17.6 Å². The lowest BCUT2D eigenvalue weighted by molar-refractivity contribution is -0.179. The average Bonchev–Trinajstić information content (AvgIpc) is 2.69. The predicted octanol–water partition coefficient (Wildman–Crippen LogP) is 5.87. The Morgan fingerprint density at radius 3 is 2.34 bits per heavy atom. The van der Waals surface area contributed by atoms with E-state index in [4.69, 9.17) is 5.73 Å².